The number of methoxy groups -OCH3 is 1. The summed E-state index contributed by atoms with van der Waals surface area (Å²) in [6, 6.07) is 14.5. The van der Waals surface area contributed by atoms with Gasteiger partial charge in [0, 0.05) is 80.8 Å². The lowest BCUT2D eigenvalue weighted by Gasteiger charge is -2.33. The van der Waals surface area contributed by atoms with Gasteiger partial charge in [-0.1, -0.05) is 12.1 Å². The van der Waals surface area contributed by atoms with E-state index >= 15 is 0 Å². The fraction of sp³-hybridized carbons (Fsp3) is 0.484. The maximum absolute atomic E-state index is 11.7. The van der Waals surface area contributed by atoms with Crippen LogP contribution in [0.25, 0.3) is 10.9 Å². The molecule has 2 aliphatic heterocycles. The van der Waals surface area contributed by atoms with E-state index in [1.165, 1.54) is 5.56 Å². The number of carbonyl (C=O) groups is 2. The van der Waals surface area contributed by atoms with Crippen LogP contribution in [-0.4, -0.2) is 72.6 Å². The summed E-state index contributed by atoms with van der Waals surface area (Å²) < 4.78 is 8.07. The number of benzene rings is 2. The third-order valence-electron chi connectivity index (χ3n) is 8.63. The van der Waals surface area contributed by atoms with Crippen LogP contribution in [0, 0.1) is 5.92 Å². The Labute approximate surface area is 231 Å². The van der Waals surface area contributed by atoms with E-state index in [0.29, 0.717) is 17.5 Å². The van der Waals surface area contributed by atoms with Crippen LogP contribution in [0.4, 0.5) is 5.69 Å². The molecule has 8 nitrogen and oxygen atoms in total. The number of fused-ring (bicyclic) bond motifs is 1. The maximum Gasteiger partial charge on any atom is 0.248 e. The molecule has 0 aliphatic carbocycles. The van der Waals surface area contributed by atoms with Crippen LogP contribution in [-0.2, 0) is 11.2 Å². The molecule has 0 radical (unpaired) electrons. The van der Waals surface area contributed by atoms with E-state index in [0.717, 1.165) is 93.7 Å². The molecule has 0 bridgehead atoms. The van der Waals surface area contributed by atoms with Gasteiger partial charge < -0.3 is 30.2 Å². The van der Waals surface area contributed by atoms with Crippen molar-refractivity contribution in [3.05, 3.63) is 59.8 Å². The van der Waals surface area contributed by atoms with Gasteiger partial charge in [-0.3, -0.25) is 9.59 Å². The zero-order valence-electron chi connectivity index (χ0n) is 23.2. The topological polar surface area (TPSA) is 92.8 Å². The highest BCUT2D eigenvalue weighted by Gasteiger charge is 2.23. The highest BCUT2D eigenvalue weighted by molar-refractivity contribution is 5.97. The number of carbonyl (C=O) groups excluding carboxylic acids is 2. The van der Waals surface area contributed by atoms with Crippen molar-refractivity contribution in [1.82, 2.24) is 14.4 Å². The molecule has 3 N–H and O–H groups in total. The Morgan fingerprint density at radius 2 is 1.79 bits per heavy atom. The minimum atomic E-state index is -0.386. The number of nitrogens with two attached hydrogens (primary N) is 1. The lowest BCUT2D eigenvalue weighted by molar-refractivity contribution is -0.130. The molecular formula is C31H41N5O3. The van der Waals surface area contributed by atoms with Gasteiger partial charge in [-0.15, -0.1) is 0 Å². The molecule has 208 valence electrons. The Kier molecular flexibility index (Phi) is 8.41. The lowest BCUT2D eigenvalue weighted by atomic mass is 9.96. The molecule has 3 heterocycles. The molecule has 3 aromatic rings. The minimum absolute atomic E-state index is 0.180. The molecule has 39 heavy (non-hydrogen) atoms. The van der Waals surface area contributed by atoms with E-state index in [9.17, 15) is 9.59 Å². The highest BCUT2D eigenvalue weighted by atomic mass is 16.5. The predicted octanol–water partition coefficient (Wildman–Crippen LogP) is 4.30. The Morgan fingerprint density at radius 1 is 1.03 bits per heavy atom. The number of rotatable bonds is 9. The standard InChI is InChI=1S/C31H41N5O3/c1-22(37)35-17-8-23(9-18-35)21-33-28-4-3-5-30(39-2)27(28)13-16-34-14-11-26(12-15-34)36-19-10-24-6-7-25(31(32)38)20-29(24)36/h3-7,10,19-20,23,26,33H,8-9,11-18,21H2,1-2H3,(H2,32,38). The Morgan fingerprint density at radius 3 is 2.49 bits per heavy atom. The molecular weight excluding hydrogens is 490 g/mol. The summed E-state index contributed by atoms with van der Waals surface area (Å²) in [5.41, 5.74) is 9.56. The Hall–Kier alpha value is -3.52. The van der Waals surface area contributed by atoms with Crippen LogP contribution in [0.5, 0.6) is 5.75 Å². The first-order valence-corrected chi connectivity index (χ1v) is 14.2. The molecule has 0 atom stereocenters. The fourth-order valence-electron chi connectivity index (χ4n) is 6.20. The van der Waals surface area contributed by atoms with E-state index in [1.54, 1.807) is 20.1 Å². The molecule has 8 heteroatoms. The van der Waals surface area contributed by atoms with Crippen LogP contribution >= 0.6 is 0 Å². The minimum Gasteiger partial charge on any atom is -0.496 e. The molecule has 1 aromatic heterocycles. The molecule has 2 saturated heterocycles. The maximum atomic E-state index is 11.7. The quantitative estimate of drug-likeness (QED) is 0.430. The van der Waals surface area contributed by atoms with Gasteiger partial charge in [0.1, 0.15) is 5.75 Å². The largest absolute Gasteiger partial charge is 0.496 e. The van der Waals surface area contributed by atoms with E-state index in [4.69, 9.17) is 10.5 Å². The summed E-state index contributed by atoms with van der Waals surface area (Å²) in [7, 11) is 1.75. The molecule has 0 spiro atoms. The summed E-state index contributed by atoms with van der Waals surface area (Å²) >= 11 is 0. The summed E-state index contributed by atoms with van der Waals surface area (Å²) in [6.07, 6.45) is 7.30. The number of primary amides is 1. The molecule has 2 fully saturated rings. The molecule has 2 amide bonds. The zero-order valence-corrected chi connectivity index (χ0v) is 23.2. The van der Waals surface area contributed by atoms with Gasteiger partial charge in [0.25, 0.3) is 0 Å². The van der Waals surface area contributed by atoms with Gasteiger partial charge >= 0.3 is 0 Å². The second-order valence-electron chi connectivity index (χ2n) is 11.0. The average molecular weight is 532 g/mol. The number of likely N-dealkylation sites (tertiary alicyclic amines) is 2. The van der Waals surface area contributed by atoms with Crippen molar-refractivity contribution in [2.75, 3.05) is 51.7 Å². The molecule has 0 unspecified atom stereocenters. The van der Waals surface area contributed by atoms with Crippen molar-refractivity contribution in [2.24, 2.45) is 11.7 Å². The fourth-order valence-corrected chi connectivity index (χ4v) is 6.20. The molecule has 5 rings (SSSR count). The normalized spacial score (nSPS) is 17.4. The monoisotopic (exact) mass is 531 g/mol. The van der Waals surface area contributed by atoms with Gasteiger partial charge in [-0.05, 0) is 73.7 Å². The highest BCUT2D eigenvalue weighted by Crippen LogP contribution is 2.31. The molecule has 2 aromatic carbocycles. The van der Waals surface area contributed by atoms with Crippen molar-refractivity contribution in [2.45, 2.75) is 45.1 Å². The summed E-state index contributed by atoms with van der Waals surface area (Å²) in [4.78, 5) is 27.8. The number of piperidine rings is 2. The van der Waals surface area contributed by atoms with Gasteiger partial charge in [-0.25, -0.2) is 0 Å². The van der Waals surface area contributed by atoms with Gasteiger partial charge in [0.2, 0.25) is 11.8 Å². The van der Waals surface area contributed by atoms with E-state index < -0.39 is 0 Å². The summed E-state index contributed by atoms with van der Waals surface area (Å²) in [5, 5.41) is 4.85. The third-order valence-corrected chi connectivity index (χ3v) is 8.63. The average Bonchev–Trinajstić information content (AvgIpc) is 3.39. The number of anilines is 1. The number of nitrogens with zero attached hydrogens (tertiary/aromatic N) is 3. The van der Waals surface area contributed by atoms with Crippen LogP contribution < -0.4 is 15.8 Å². The Balaban J connectivity index is 1.17. The zero-order chi connectivity index (χ0) is 27.4. The summed E-state index contributed by atoms with van der Waals surface area (Å²) in [6.45, 7) is 7.34. The summed E-state index contributed by atoms with van der Waals surface area (Å²) in [5.74, 6) is 1.30. The first kappa shape index (κ1) is 27.1. The van der Waals surface area contributed by atoms with Gasteiger partial charge in [0.15, 0.2) is 0 Å². The Bertz CT molecular complexity index is 1300. The van der Waals surface area contributed by atoms with Crippen LogP contribution in [0.1, 0.15) is 54.6 Å². The van der Waals surface area contributed by atoms with Crippen molar-refractivity contribution in [3.63, 3.8) is 0 Å². The first-order valence-electron chi connectivity index (χ1n) is 14.2. The second kappa shape index (κ2) is 12.1. The predicted molar refractivity (Wildman–Crippen MR) is 155 cm³/mol. The van der Waals surface area contributed by atoms with E-state index in [2.05, 4.69) is 45.2 Å². The molecule has 2 aliphatic rings. The van der Waals surface area contributed by atoms with Gasteiger partial charge in [0.05, 0.1) is 7.11 Å². The van der Waals surface area contributed by atoms with Crippen LogP contribution in [0.2, 0.25) is 0 Å². The number of ether oxygens (including phenoxy) is 1. The van der Waals surface area contributed by atoms with E-state index in [1.807, 2.05) is 17.0 Å². The number of hydrogen-bond donors (Lipinski definition) is 2. The van der Waals surface area contributed by atoms with Crippen molar-refractivity contribution < 1.29 is 14.3 Å². The van der Waals surface area contributed by atoms with E-state index in [-0.39, 0.29) is 11.8 Å². The number of amides is 2. The van der Waals surface area contributed by atoms with Crippen molar-refractivity contribution in [3.8, 4) is 5.75 Å². The number of hydrogen-bond acceptors (Lipinski definition) is 5. The first-order chi connectivity index (χ1) is 18.9. The van der Waals surface area contributed by atoms with Crippen LogP contribution in [0.15, 0.2) is 48.7 Å². The molecule has 0 saturated carbocycles. The van der Waals surface area contributed by atoms with Crippen LogP contribution in [0.3, 0.4) is 0 Å². The second-order valence-corrected chi connectivity index (χ2v) is 11.0. The lowest BCUT2D eigenvalue weighted by Crippen LogP contribution is -2.38. The number of nitrogens with one attached hydrogen (secondary N) is 1. The smallest absolute Gasteiger partial charge is 0.248 e. The third kappa shape index (κ3) is 6.22. The number of aromatic nitrogens is 1. The van der Waals surface area contributed by atoms with Crippen molar-refractivity contribution in [1.29, 1.82) is 0 Å². The SMILES string of the molecule is COc1cccc(NCC2CCN(C(C)=O)CC2)c1CCN1CCC(n2ccc3ccc(C(N)=O)cc32)CC1. The van der Waals surface area contributed by atoms with Gasteiger partial charge in [-0.2, -0.15) is 0 Å². The van der Waals surface area contributed by atoms with Crippen molar-refractivity contribution >= 4 is 28.4 Å².